The first kappa shape index (κ1) is 29.9. The number of rotatable bonds is 5. The van der Waals surface area contributed by atoms with E-state index in [0.29, 0.717) is 5.82 Å². The third-order valence-electron chi connectivity index (χ3n) is 10.1. The molecule has 0 aliphatic carbocycles. The highest BCUT2D eigenvalue weighted by Gasteiger charge is 2.16. The van der Waals surface area contributed by atoms with Crippen LogP contribution < -0.4 is 0 Å². The third-order valence-corrected chi connectivity index (χ3v) is 10.1. The summed E-state index contributed by atoms with van der Waals surface area (Å²) in [6, 6.07) is 62.6. The summed E-state index contributed by atoms with van der Waals surface area (Å²) in [5.41, 5.74) is 9.31. The average Bonchev–Trinajstić information content (AvgIpc) is 3.23. The van der Waals surface area contributed by atoms with Gasteiger partial charge in [-0.1, -0.05) is 140 Å². The van der Waals surface area contributed by atoms with Crippen molar-refractivity contribution in [3.05, 3.63) is 188 Å². The van der Waals surface area contributed by atoms with Gasteiger partial charge >= 0.3 is 0 Å². The van der Waals surface area contributed by atoms with Gasteiger partial charge < -0.3 is 0 Å². The minimum absolute atomic E-state index is 0.697. The number of nitrogens with zero attached hydrogens (tertiary/aromatic N) is 3. The molecule has 0 radical (unpaired) electrons. The van der Waals surface area contributed by atoms with Gasteiger partial charge in [0.25, 0.3) is 0 Å². The van der Waals surface area contributed by atoms with Gasteiger partial charge in [0.15, 0.2) is 5.82 Å². The molecule has 0 unspecified atom stereocenters. The highest BCUT2D eigenvalue weighted by molar-refractivity contribution is 6.14. The topological polar surface area (TPSA) is 38.7 Å². The van der Waals surface area contributed by atoms with E-state index in [2.05, 4.69) is 175 Å². The van der Waals surface area contributed by atoms with E-state index >= 15 is 0 Å². The Morgan fingerprint density at radius 3 is 1.40 bits per heavy atom. The maximum absolute atomic E-state index is 5.36. The van der Waals surface area contributed by atoms with Gasteiger partial charge in [-0.25, -0.2) is 9.97 Å². The van der Waals surface area contributed by atoms with Crippen LogP contribution in [0, 0.1) is 0 Å². The van der Waals surface area contributed by atoms with Crippen molar-refractivity contribution in [3.63, 3.8) is 0 Å². The molecule has 52 heavy (non-hydrogen) atoms. The Bertz CT molecular complexity index is 2970. The number of pyridine rings is 1. The van der Waals surface area contributed by atoms with Crippen LogP contribution in [0.15, 0.2) is 188 Å². The van der Waals surface area contributed by atoms with Gasteiger partial charge in [0.2, 0.25) is 0 Å². The lowest BCUT2D eigenvalue weighted by atomic mass is 9.92. The smallest absolute Gasteiger partial charge is 0.161 e. The summed E-state index contributed by atoms with van der Waals surface area (Å²) in [5, 5.41) is 9.68. The molecular formula is C49H31N3. The zero-order valence-corrected chi connectivity index (χ0v) is 28.2. The lowest BCUT2D eigenvalue weighted by Gasteiger charge is -2.15. The molecule has 0 N–H and O–H groups in total. The van der Waals surface area contributed by atoms with E-state index in [1.807, 2.05) is 12.3 Å². The van der Waals surface area contributed by atoms with Crippen LogP contribution in [0.2, 0.25) is 0 Å². The average molecular weight is 662 g/mol. The number of fused-ring (bicyclic) bond motifs is 6. The lowest BCUT2D eigenvalue weighted by Crippen LogP contribution is -1.97. The van der Waals surface area contributed by atoms with Gasteiger partial charge in [0.05, 0.1) is 11.4 Å². The first-order valence-corrected chi connectivity index (χ1v) is 17.6. The lowest BCUT2D eigenvalue weighted by molar-refractivity contribution is 1.19. The van der Waals surface area contributed by atoms with Crippen molar-refractivity contribution in [1.29, 1.82) is 0 Å². The van der Waals surface area contributed by atoms with E-state index in [1.165, 1.54) is 37.9 Å². The molecular weight excluding hydrogens is 631 g/mol. The highest BCUT2D eigenvalue weighted by Crippen LogP contribution is 2.39. The summed E-state index contributed by atoms with van der Waals surface area (Å²) in [6.45, 7) is 0. The van der Waals surface area contributed by atoms with Gasteiger partial charge in [0, 0.05) is 34.6 Å². The Morgan fingerprint density at radius 1 is 0.308 bits per heavy atom. The Kier molecular flexibility index (Phi) is 7.14. The van der Waals surface area contributed by atoms with Crippen LogP contribution in [0.4, 0.5) is 0 Å². The summed E-state index contributed by atoms with van der Waals surface area (Å²) >= 11 is 0. The number of aromatic nitrogens is 3. The van der Waals surface area contributed by atoms with Crippen molar-refractivity contribution in [3.8, 4) is 56.2 Å². The van der Waals surface area contributed by atoms with Gasteiger partial charge in [-0.2, -0.15) is 0 Å². The van der Waals surface area contributed by atoms with Crippen LogP contribution >= 0.6 is 0 Å². The first-order valence-electron chi connectivity index (χ1n) is 17.6. The van der Waals surface area contributed by atoms with E-state index in [9.17, 15) is 0 Å². The summed E-state index contributed by atoms with van der Waals surface area (Å²) < 4.78 is 0. The fourth-order valence-corrected chi connectivity index (χ4v) is 7.63. The predicted molar refractivity (Wildman–Crippen MR) is 217 cm³/mol. The summed E-state index contributed by atoms with van der Waals surface area (Å²) in [4.78, 5) is 15.1. The molecule has 3 nitrogen and oxygen atoms in total. The zero-order chi connectivity index (χ0) is 34.4. The minimum Gasteiger partial charge on any atom is -0.264 e. The van der Waals surface area contributed by atoms with E-state index < -0.39 is 0 Å². The second kappa shape index (κ2) is 12.4. The van der Waals surface area contributed by atoms with Crippen LogP contribution in [0.5, 0.6) is 0 Å². The molecule has 0 aliphatic rings. The van der Waals surface area contributed by atoms with E-state index in [-0.39, 0.29) is 0 Å². The van der Waals surface area contributed by atoms with Crippen LogP contribution in [-0.4, -0.2) is 15.0 Å². The van der Waals surface area contributed by atoms with Crippen molar-refractivity contribution >= 4 is 43.1 Å². The first-order chi connectivity index (χ1) is 25.8. The summed E-state index contributed by atoms with van der Waals surface area (Å²) in [5.74, 6) is 0.697. The third kappa shape index (κ3) is 5.19. The molecule has 8 aromatic carbocycles. The molecule has 2 heterocycles. The van der Waals surface area contributed by atoms with Crippen LogP contribution in [-0.2, 0) is 0 Å². The second-order valence-corrected chi connectivity index (χ2v) is 13.2. The molecule has 0 bridgehead atoms. The maximum atomic E-state index is 5.36. The molecule has 10 rings (SSSR count). The van der Waals surface area contributed by atoms with E-state index in [4.69, 9.17) is 9.97 Å². The van der Waals surface area contributed by atoms with Gasteiger partial charge in [-0.3, -0.25) is 4.98 Å². The Morgan fingerprint density at radius 2 is 0.788 bits per heavy atom. The van der Waals surface area contributed by atoms with Gasteiger partial charge in [-0.15, -0.1) is 0 Å². The van der Waals surface area contributed by atoms with Gasteiger partial charge in [-0.05, 0) is 96.2 Å². The molecule has 0 aliphatic heterocycles. The quantitative estimate of drug-likeness (QED) is 0.172. The number of hydrogen-bond donors (Lipinski definition) is 0. The molecule has 10 aromatic rings. The second-order valence-electron chi connectivity index (χ2n) is 13.2. The molecule has 2 aromatic heterocycles. The predicted octanol–water partition coefficient (Wildman–Crippen LogP) is 12.8. The molecule has 0 spiro atoms. The van der Waals surface area contributed by atoms with Crippen LogP contribution in [0.25, 0.3) is 99.2 Å². The van der Waals surface area contributed by atoms with Crippen molar-refractivity contribution < 1.29 is 0 Å². The fourth-order valence-electron chi connectivity index (χ4n) is 7.63. The maximum Gasteiger partial charge on any atom is 0.161 e. The minimum atomic E-state index is 0.697. The molecule has 0 saturated heterocycles. The van der Waals surface area contributed by atoms with E-state index in [1.54, 1.807) is 6.20 Å². The molecule has 0 amide bonds. The summed E-state index contributed by atoms with van der Waals surface area (Å²) in [7, 11) is 0. The molecule has 3 heteroatoms. The largest absolute Gasteiger partial charge is 0.264 e. The molecule has 242 valence electrons. The van der Waals surface area contributed by atoms with Crippen LogP contribution in [0.1, 0.15) is 0 Å². The summed E-state index contributed by atoms with van der Waals surface area (Å²) in [6.07, 6.45) is 3.71. The van der Waals surface area contributed by atoms with Crippen molar-refractivity contribution in [2.24, 2.45) is 0 Å². The molecule has 0 atom stereocenters. The van der Waals surface area contributed by atoms with E-state index in [0.717, 1.165) is 55.5 Å². The SMILES string of the molecule is c1cncc(-c2cccc(-c3cc(-c4cccc(-c5cc6ccccc6c6ccccc56)c4)nc(-c4cc5ccccc5c5ccccc45)n3)c2)c1. The highest BCUT2D eigenvalue weighted by atomic mass is 14.9. The standard InChI is InChI=1S/C49H31N3/c1-3-19-39-34(12-1)28-45(43-23-7-5-21-41(39)43)33-15-10-17-37(27-33)48-30-47(36-16-9-14-32(26-36)38-18-11-25-50-31-38)51-49(52-48)46-29-35-13-2-4-20-40(35)42-22-6-8-24-44(42)46/h1-31H. The monoisotopic (exact) mass is 661 g/mol. The normalized spacial score (nSPS) is 11.5. The number of hydrogen-bond acceptors (Lipinski definition) is 3. The fraction of sp³-hybridized carbons (Fsp3) is 0. The number of benzene rings is 8. The van der Waals surface area contributed by atoms with Crippen LogP contribution in [0.3, 0.4) is 0 Å². The van der Waals surface area contributed by atoms with Crippen molar-refractivity contribution in [2.75, 3.05) is 0 Å². The Balaban J connectivity index is 1.20. The molecule has 0 fully saturated rings. The Hall–Kier alpha value is -6.97. The molecule has 0 saturated carbocycles. The Labute approximate surface area is 301 Å². The van der Waals surface area contributed by atoms with Crippen molar-refractivity contribution in [2.45, 2.75) is 0 Å². The van der Waals surface area contributed by atoms with Gasteiger partial charge in [0.1, 0.15) is 0 Å². The van der Waals surface area contributed by atoms with Crippen molar-refractivity contribution in [1.82, 2.24) is 15.0 Å². The zero-order valence-electron chi connectivity index (χ0n) is 28.2.